The van der Waals surface area contributed by atoms with E-state index >= 15 is 0 Å². The number of rotatable bonds is 7. The summed E-state index contributed by atoms with van der Waals surface area (Å²) in [6, 6.07) is 15.4. The van der Waals surface area contributed by atoms with Crippen molar-refractivity contribution in [3.8, 4) is 0 Å². The number of aryl methyl sites for hydroxylation is 2. The second kappa shape index (κ2) is 8.23. The minimum atomic E-state index is 0.751. The predicted octanol–water partition coefficient (Wildman–Crippen LogP) is 4.19. The number of hydrogen-bond acceptors (Lipinski definition) is 3. The summed E-state index contributed by atoms with van der Waals surface area (Å²) in [4.78, 5) is 2.57. The van der Waals surface area contributed by atoms with Gasteiger partial charge in [-0.2, -0.15) is 0 Å². The van der Waals surface area contributed by atoms with E-state index in [-0.39, 0.29) is 0 Å². The molecular formula is C18H23NOS. The van der Waals surface area contributed by atoms with Crippen LogP contribution in [0.3, 0.4) is 0 Å². The quantitative estimate of drug-likeness (QED) is 0.775. The maximum absolute atomic E-state index is 5.02. The second-order valence-corrected chi connectivity index (χ2v) is 6.31. The third kappa shape index (κ3) is 5.20. The highest BCUT2D eigenvalue weighted by Crippen LogP contribution is 2.29. The lowest BCUT2D eigenvalue weighted by Crippen LogP contribution is -2.18. The average Bonchev–Trinajstić information content (AvgIpc) is 2.49. The molecule has 0 atom stereocenters. The molecule has 0 spiro atoms. The summed E-state index contributed by atoms with van der Waals surface area (Å²) in [7, 11) is 1.72. The molecule has 0 heterocycles. The van der Waals surface area contributed by atoms with E-state index in [0.717, 1.165) is 19.7 Å². The first kappa shape index (κ1) is 16.1. The summed E-state index contributed by atoms with van der Waals surface area (Å²) in [5, 5.41) is 3.35. The topological polar surface area (TPSA) is 21.3 Å². The Kier molecular flexibility index (Phi) is 6.30. The Labute approximate surface area is 131 Å². The first-order valence-electron chi connectivity index (χ1n) is 7.23. The highest BCUT2D eigenvalue weighted by Gasteiger charge is 2.00. The summed E-state index contributed by atoms with van der Waals surface area (Å²) in [6.45, 7) is 6.83. The molecule has 0 amide bonds. The van der Waals surface area contributed by atoms with Gasteiger partial charge < -0.3 is 10.1 Å². The first-order chi connectivity index (χ1) is 10.2. The normalized spacial score (nSPS) is 10.8. The highest BCUT2D eigenvalue weighted by atomic mass is 32.2. The van der Waals surface area contributed by atoms with Crippen molar-refractivity contribution in [3.63, 3.8) is 0 Å². The molecule has 2 aromatic rings. The van der Waals surface area contributed by atoms with Crippen molar-refractivity contribution in [1.82, 2.24) is 5.32 Å². The minimum Gasteiger partial charge on any atom is -0.383 e. The van der Waals surface area contributed by atoms with Gasteiger partial charge in [0.05, 0.1) is 6.61 Å². The molecule has 2 rings (SSSR count). The van der Waals surface area contributed by atoms with Crippen molar-refractivity contribution < 1.29 is 4.74 Å². The molecule has 0 aromatic heterocycles. The van der Waals surface area contributed by atoms with Gasteiger partial charge in [0.1, 0.15) is 0 Å². The van der Waals surface area contributed by atoms with E-state index in [4.69, 9.17) is 4.74 Å². The predicted molar refractivity (Wildman–Crippen MR) is 90.1 cm³/mol. The molecule has 0 saturated carbocycles. The van der Waals surface area contributed by atoms with Crippen molar-refractivity contribution in [2.24, 2.45) is 0 Å². The van der Waals surface area contributed by atoms with Gasteiger partial charge in [0.2, 0.25) is 0 Å². The summed E-state index contributed by atoms with van der Waals surface area (Å²) in [5.41, 5.74) is 3.99. The molecule has 2 aromatic carbocycles. The monoisotopic (exact) mass is 301 g/mol. The molecule has 0 aliphatic carbocycles. The Morgan fingerprint density at radius 3 is 2.33 bits per heavy atom. The Bertz CT molecular complexity index is 566. The number of benzene rings is 2. The van der Waals surface area contributed by atoms with Crippen LogP contribution in [0.1, 0.15) is 16.7 Å². The lowest BCUT2D eigenvalue weighted by atomic mass is 10.1. The van der Waals surface area contributed by atoms with Crippen LogP contribution in [0.15, 0.2) is 52.3 Å². The van der Waals surface area contributed by atoms with Crippen molar-refractivity contribution >= 4 is 11.8 Å². The maximum atomic E-state index is 5.02. The van der Waals surface area contributed by atoms with E-state index in [2.05, 4.69) is 61.6 Å². The highest BCUT2D eigenvalue weighted by molar-refractivity contribution is 7.99. The van der Waals surface area contributed by atoms with Crippen LogP contribution in [-0.2, 0) is 11.3 Å². The van der Waals surface area contributed by atoms with E-state index < -0.39 is 0 Å². The number of nitrogens with one attached hydrogen (secondary N) is 1. The Morgan fingerprint density at radius 2 is 1.67 bits per heavy atom. The molecule has 1 N–H and O–H groups in total. The van der Waals surface area contributed by atoms with Crippen LogP contribution >= 0.6 is 11.8 Å². The molecule has 2 nitrogen and oxygen atoms in total. The van der Waals surface area contributed by atoms with Crippen LogP contribution < -0.4 is 5.32 Å². The molecule has 0 saturated heterocycles. The van der Waals surface area contributed by atoms with Gasteiger partial charge >= 0.3 is 0 Å². The van der Waals surface area contributed by atoms with Gasteiger partial charge in [-0.05, 0) is 54.8 Å². The number of ether oxygens (including phenoxy) is 1. The van der Waals surface area contributed by atoms with Gasteiger partial charge in [-0.3, -0.25) is 0 Å². The number of hydrogen-bond donors (Lipinski definition) is 1. The first-order valence-corrected chi connectivity index (χ1v) is 8.04. The summed E-state index contributed by atoms with van der Waals surface area (Å²) in [5.74, 6) is 0. The van der Waals surface area contributed by atoms with Crippen LogP contribution in [0.5, 0.6) is 0 Å². The molecule has 0 aliphatic rings. The molecule has 0 bridgehead atoms. The average molecular weight is 301 g/mol. The number of methoxy groups -OCH3 is 1. The Balaban J connectivity index is 1.91. The molecule has 112 valence electrons. The SMILES string of the molecule is COCCNCc1ccc(Sc2ccc(C)c(C)c2)cc1. The van der Waals surface area contributed by atoms with Gasteiger partial charge in [0, 0.05) is 30.0 Å². The zero-order valence-corrected chi connectivity index (χ0v) is 13.8. The molecule has 0 fully saturated rings. The van der Waals surface area contributed by atoms with Gasteiger partial charge in [-0.1, -0.05) is 30.0 Å². The molecule has 21 heavy (non-hydrogen) atoms. The molecule has 0 radical (unpaired) electrons. The third-order valence-corrected chi connectivity index (χ3v) is 4.45. The van der Waals surface area contributed by atoms with Gasteiger partial charge in [0.15, 0.2) is 0 Å². The van der Waals surface area contributed by atoms with Crippen LogP contribution in [0.25, 0.3) is 0 Å². The van der Waals surface area contributed by atoms with Gasteiger partial charge in [-0.15, -0.1) is 0 Å². The zero-order valence-electron chi connectivity index (χ0n) is 13.0. The van der Waals surface area contributed by atoms with E-state index in [0.29, 0.717) is 0 Å². The molecule has 0 aliphatic heterocycles. The van der Waals surface area contributed by atoms with E-state index in [1.807, 2.05) is 11.8 Å². The van der Waals surface area contributed by atoms with Crippen molar-refractivity contribution in [2.45, 2.75) is 30.2 Å². The van der Waals surface area contributed by atoms with Crippen LogP contribution in [0, 0.1) is 13.8 Å². The van der Waals surface area contributed by atoms with Crippen LogP contribution in [0.4, 0.5) is 0 Å². The molecular weight excluding hydrogens is 278 g/mol. The fraction of sp³-hybridized carbons (Fsp3) is 0.333. The Morgan fingerprint density at radius 1 is 0.952 bits per heavy atom. The third-order valence-electron chi connectivity index (χ3n) is 3.45. The van der Waals surface area contributed by atoms with Crippen molar-refractivity contribution in [1.29, 1.82) is 0 Å². The molecule has 3 heteroatoms. The smallest absolute Gasteiger partial charge is 0.0587 e. The van der Waals surface area contributed by atoms with Gasteiger partial charge in [0.25, 0.3) is 0 Å². The van der Waals surface area contributed by atoms with Crippen LogP contribution in [0.2, 0.25) is 0 Å². The zero-order chi connectivity index (χ0) is 15.1. The van der Waals surface area contributed by atoms with E-state index in [9.17, 15) is 0 Å². The largest absolute Gasteiger partial charge is 0.383 e. The fourth-order valence-corrected chi connectivity index (χ4v) is 2.91. The van der Waals surface area contributed by atoms with Crippen molar-refractivity contribution in [3.05, 3.63) is 59.2 Å². The van der Waals surface area contributed by atoms with Crippen molar-refractivity contribution in [2.75, 3.05) is 20.3 Å². The molecule has 0 unspecified atom stereocenters. The lowest BCUT2D eigenvalue weighted by Gasteiger charge is -2.07. The van der Waals surface area contributed by atoms with Gasteiger partial charge in [-0.25, -0.2) is 0 Å². The Hall–Kier alpha value is -1.29. The van der Waals surface area contributed by atoms with Crippen LogP contribution in [-0.4, -0.2) is 20.3 Å². The second-order valence-electron chi connectivity index (χ2n) is 5.16. The standard InChI is InChI=1S/C18H23NOS/c1-14-4-7-18(12-15(14)2)21-17-8-5-16(6-9-17)13-19-10-11-20-3/h4-9,12,19H,10-11,13H2,1-3H3. The summed E-state index contributed by atoms with van der Waals surface area (Å²) < 4.78 is 5.02. The maximum Gasteiger partial charge on any atom is 0.0587 e. The fourth-order valence-electron chi connectivity index (χ4n) is 2.00. The summed E-state index contributed by atoms with van der Waals surface area (Å²) >= 11 is 1.81. The van der Waals surface area contributed by atoms with E-state index in [1.54, 1.807) is 7.11 Å². The summed E-state index contributed by atoms with van der Waals surface area (Å²) in [6.07, 6.45) is 0. The minimum absolute atomic E-state index is 0.751. The lowest BCUT2D eigenvalue weighted by molar-refractivity contribution is 0.199. The van der Waals surface area contributed by atoms with E-state index in [1.165, 1.54) is 26.5 Å².